The number of amides is 1. The fourth-order valence-electron chi connectivity index (χ4n) is 3.14. The van der Waals surface area contributed by atoms with E-state index in [0.717, 1.165) is 0 Å². The molecule has 0 aromatic heterocycles. The lowest BCUT2D eigenvalue weighted by atomic mass is 9.66. The van der Waals surface area contributed by atoms with E-state index in [0.29, 0.717) is 25.8 Å². The van der Waals surface area contributed by atoms with E-state index in [9.17, 15) is 9.59 Å². The van der Waals surface area contributed by atoms with Crippen LogP contribution in [0.3, 0.4) is 0 Å². The summed E-state index contributed by atoms with van der Waals surface area (Å²) in [6, 6.07) is 0. The number of nitrogens with one attached hydrogen (secondary N) is 1. The highest BCUT2D eigenvalue weighted by Crippen LogP contribution is 2.65. The van der Waals surface area contributed by atoms with Gasteiger partial charge in [0.15, 0.2) is 5.60 Å². The normalized spacial score (nSPS) is 36.0. The first-order chi connectivity index (χ1) is 8.32. The van der Waals surface area contributed by atoms with Gasteiger partial charge >= 0.3 is 5.97 Å². The molecule has 0 spiro atoms. The maximum absolute atomic E-state index is 12.3. The Hall–Kier alpha value is -1.50. The van der Waals surface area contributed by atoms with Gasteiger partial charge in [-0.3, -0.25) is 9.59 Å². The molecule has 1 N–H and O–H groups in total. The van der Waals surface area contributed by atoms with E-state index in [1.54, 1.807) is 0 Å². The predicted molar refractivity (Wildman–Crippen MR) is 66.4 cm³/mol. The summed E-state index contributed by atoms with van der Waals surface area (Å²) in [5.41, 5.74) is -2.07. The summed E-state index contributed by atoms with van der Waals surface area (Å²) in [7, 11) is 0. The van der Waals surface area contributed by atoms with Crippen molar-refractivity contribution < 1.29 is 14.3 Å². The molecular formula is C14H19NO3. The molecule has 1 amide bonds. The van der Waals surface area contributed by atoms with Crippen LogP contribution in [0.25, 0.3) is 0 Å². The third-order valence-electron chi connectivity index (χ3n) is 5.01. The average Bonchev–Trinajstić information content (AvgIpc) is 2.59. The molecule has 1 heterocycles. The molecule has 0 aromatic rings. The third kappa shape index (κ3) is 1.28. The summed E-state index contributed by atoms with van der Waals surface area (Å²) < 4.78 is 5.46. The van der Waals surface area contributed by atoms with Crippen molar-refractivity contribution in [2.75, 3.05) is 6.54 Å². The zero-order valence-corrected chi connectivity index (χ0v) is 11.1. The van der Waals surface area contributed by atoms with Gasteiger partial charge in [-0.05, 0) is 19.8 Å². The fourth-order valence-corrected chi connectivity index (χ4v) is 3.14. The Morgan fingerprint density at radius 1 is 1.44 bits per heavy atom. The van der Waals surface area contributed by atoms with Gasteiger partial charge in [-0.25, -0.2) is 0 Å². The van der Waals surface area contributed by atoms with Crippen molar-refractivity contribution >= 4 is 11.9 Å². The molecule has 2 aliphatic rings. The van der Waals surface area contributed by atoms with Gasteiger partial charge in [0, 0.05) is 18.4 Å². The van der Waals surface area contributed by atoms with Crippen LogP contribution in [0.5, 0.6) is 0 Å². The summed E-state index contributed by atoms with van der Waals surface area (Å²) in [6.07, 6.45) is 6.91. The van der Waals surface area contributed by atoms with Crippen molar-refractivity contribution in [1.29, 1.82) is 0 Å². The molecule has 0 aromatic carbocycles. The molecule has 1 aliphatic carbocycles. The number of rotatable bonds is 3. The van der Waals surface area contributed by atoms with Crippen molar-refractivity contribution in [1.82, 2.24) is 5.32 Å². The van der Waals surface area contributed by atoms with Gasteiger partial charge in [0.25, 0.3) is 5.91 Å². The minimum Gasteiger partial charge on any atom is -0.448 e. The Labute approximate surface area is 107 Å². The van der Waals surface area contributed by atoms with Crippen molar-refractivity contribution in [3.8, 4) is 12.3 Å². The van der Waals surface area contributed by atoms with Crippen LogP contribution < -0.4 is 5.32 Å². The van der Waals surface area contributed by atoms with Gasteiger partial charge in [0.05, 0.1) is 5.41 Å². The largest absolute Gasteiger partial charge is 0.448 e. The second-order valence-electron chi connectivity index (χ2n) is 5.88. The first-order valence-electron chi connectivity index (χ1n) is 6.27. The summed E-state index contributed by atoms with van der Waals surface area (Å²) in [6.45, 7) is 6.18. The van der Waals surface area contributed by atoms with Crippen LogP contribution >= 0.6 is 0 Å². The summed E-state index contributed by atoms with van der Waals surface area (Å²) in [5, 5.41) is 2.78. The number of fused-ring (bicyclic) bond motifs is 2. The number of terminal acetylenes is 1. The molecule has 4 nitrogen and oxygen atoms in total. The van der Waals surface area contributed by atoms with E-state index in [4.69, 9.17) is 11.2 Å². The van der Waals surface area contributed by atoms with Gasteiger partial charge in [-0.15, -0.1) is 12.3 Å². The molecule has 1 saturated heterocycles. The number of ether oxygens (including phenoxy) is 1. The minimum absolute atomic E-state index is 0.211. The van der Waals surface area contributed by atoms with E-state index < -0.39 is 16.4 Å². The zero-order valence-electron chi connectivity index (χ0n) is 11.1. The van der Waals surface area contributed by atoms with Gasteiger partial charge in [-0.1, -0.05) is 13.8 Å². The van der Waals surface area contributed by atoms with Crippen LogP contribution in [0.15, 0.2) is 0 Å². The van der Waals surface area contributed by atoms with Gasteiger partial charge < -0.3 is 10.1 Å². The molecule has 2 atom stereocenters. The molecular weight excluding hydrogens is 230 g/mol. The lowest BCUT2D eigenvalue weighted by Crippen LogP contribution is -2.53. The van der Waals surface area contributed by atoms with Crippen LogP contribution in [0.4, 0.5) is 0 Å². The zero-order chi connectivity index (χ0) is 13.6. The molecule has 2 rings (SSSR count). The van der Waals surface area contributed by atoms with Gasteiger partial charge in [0.2, 0.25) is 0 Å². The quantitative estimate of drug-likeness (QED) is 0.465. The summed E-state index contributed by atoms with van der Waals surface area (Å²) in [4.78, 5) is 24.3. The van der Waals surface area contributed by atoms with Crippen molar-refractivity contribution in [3.63, 3.8) is 0 Å². The predicted octanol–water partition coefficient (Wildman–Crippen LogP) is 1.25. The first kappa shape index (κ1) is 12.9. The highest BCUT2D eigenvalue weighted by atomic mass is 16.6. The van der Waals surface area contributed by atoms with E-state index in [1.165, 1.54) is 0 Å². The molecule has 18 heavy (non-hydrogen) atoms. The third-order valence-corrected chi connectivity index (χ3v) is 5.01. The molecule has 0 radical (unpaired) electrons. The van der Waals surface area contributed by atoms with Crippen LogP contribution in [0, 0.1) is 23.2 Å². The monoisotopic (exact) mass is 249 g/mol. The highest BCUT2D eigenvalue weighted by molar-refractivity contribution is 5.96. The maximum atomic E-state index is 12.3. The molecule has 1 aliphatic heterocycles. The van der Waals surface area contributed by atoms with E-state index >= 15 is 0 Å². The molecule has 2 fully saturated rings. The smallest absolute Gasteiger partial charge is 0.313 e. The maximum Gasteiger partial charge on any atom is 0.313 e. The Bertz CT molecular complexity index is 448. The van der Waals surface area contributed by atoms with Gasteiger partial charge in [-0.2, -0.15) is 0 Å². The number of carbonyl (C=O) groups is 2. The van der Waals surface area contributed by atoms with Crippen LogP contribution in [-0.2, 0) is 14.3 Å². The molecule has 98 valence electrons. The number of hydrogen-bond acceptors (Lipinski definition) is 3. The van der Waals surface area contributed by atoms with Crippen molar-refractivity contribution in [2.24, 2.45) is 10.8 Å². The summed E-state index contributed by atoms with van der Waals surface area (Å²) >= 11 is 0. The lowest BCUT2D eigenvalue weighted by molar-refractivity contribution is -0.168. The first-order valence-corrected chi connectivity index (χ1v) is 6.27. The Kier molecular flexibility index (Phi) is 2.69. The average molecular weight is 249 g/mol. The Balaban J connectivity index is 2.25. The molecule has 4 heteroatoms. The lowest BCUT2D eigenvalue weighted by Gasteiger charge is -2.35. The van der Waals surface area contributed by atoms with E-state index in [-0.39, 0.29) is 11.9 Å². The van der Waals surface area contributed by atoms with Crippen LogP contribution in [0.2, 0.25) is 0 Å². The summed E-state index contributed by atoms with van der Waals surface area (Å²) in [5.74, 6) is 2.00. The minimum atomic E-state index is -1.02. The highest BCUT2D eigenvalue weighted by Gasteiger charge is 2.75. The van der Waals surface area contributed by atoms with E-state index in [2.05, 4.69) is 11.2 Å². The van der Waals surface area contributed by atoms with Crippen molar-refractivity contribution in [3.05, 3.63) is 0 Å². The van der Waals surface area contributed by atoms with Crippen molar-refractivity contribution in [2.45, 2.75) is 45.6 Å². The molecule has 2 bridgehead atoms. The topological polar surface area (TPSA) is 55.4 Å². The Morgan fingerprint density at radius 3 is 2.56 bits per heavy atom. The standard InChI is InChI=1S/C14H19NO3/c1-5-6-9-15-10(16)14-8-7-13(4,11(17)18-14)12(14,2)3/h1H,6-9H2,2-4H3,(H,15,16)/t13-,14+/m1/s1. The molecule has 1 saturated carbocycles. The van der Waals surface area contributed by atoms with Crippen LogP contribution in [-0.4, -0.2) is 24.0 Å². The number of esters is 1. The Morgan fingerprint density at radius 2 is 2.11 bits per heavy atom. The second kappa shape index (κ2) is 3.74. The van der Waals surface area contributed by atoms with Crippen LogP contribution in [0.1, 0.15) is 40.0 Å². The fraction of sp³-hybridized carbons (Fsp3) is 0.714. The second-order valence-corrected chi connectivity index (χ2v) is 5.88. The SMILES string of the molecule is C#CCCNC(=O)[C@]12CC[C@](C)(C(=O)O1)C2(C)C. The molecule has 0 unspecified atom stereocenters. The van der Waals surface area contributed by atoms with Gasteiger partial charge in [0.1, 0.15) is 0 Å². The number of hydrogen-bond donors (Lipinski definition) is 1. The van der Waals surface area contributed by atoms with E-state index in [1.807, 2.05) is 20.8 Å². The number of carbonyl (C=O) groups excluding carboxylic acids is 2.